The van der Waals surface area contributed by atoms with Crippen molar-refractivity contribution in [1.82, 2.24) is 0 Å². The van der Waals surface area contributed by atoms with Crippen LogP contribution in [0.3, 0.4) is 0 Å². The molecule has 44 valence electrons. The van der Waals surface area contributed by atoms with Crippen LogP contribution < -0.4 is 0 Å². The Hall–Kier alpha value is 1.01. The summed E-state index contributed by atoms with van der Waals surface area (Å²) in [6, 6.07) is 0. The summed E-state index contributed by atoms with van der Waals surface area (Å²) in [5.74, 6) is 0. The zero-order chi connectivity index (χ0) is 5.91. The molecule has 0 aliphatic rings. The van der Waals surface area contributed by atoms with E-state index >= 15 is 0 Å². The van der Waals surface area contributed by atoms with Gasteiger partial charge in [-0.3, -0.25) is 0 Å². The maximum Gasteiger partial charge on any atom is 0.131 e. The fourth-order valence-electron chi connectivity index (χ4n) is 0.333. The van der Waals surface area contributed by atoms with Gasteiger partial charge in [0.05, 0.1) is 0 Å². The lowest BCUT2D eigenvalue weighted by Gasteiger charge is -2.08. The molecule has 0 spiro atoms. The summed E-state index contributed by atoms with van der Waals surface area (Å²) in [5, 5.41) is 0. The molecule has 0 aliphatic heterocycles. The van der Waals surface area contributed by atoms with Crippen LogP contribution in [-0.4, -0.2) is 4.07 Å². The summed E-state index contributed by atoms with van der Waals surface area (Å²) in [6.07, 6.45) is 1.86. The standard InChI is InChI=1S/C4H9Cl2P/c1-2-3-4(5,6)7/h2-3,7H2,1H3. The van der Waals surface area contributed by atoms with Crippen LogP contribution in [0.1, 0.15) is 19.8 Å². The van der Waals surface area contributed by atoms with E-state index in [1.54, 1.807) is 0 Å². The zero-order valence-corrected chi connectivity index (χ0v) is 6.91. The molecular formula is C4H9Cl2P. The fourth-order valence-corrected chi connectivity index (χ4v) is 1.000. The highest BCUT2D eigenvalue weighted by Crippen LogP contribution is 2.33. The highest BCUT2D eigenvalue weighted by atomic mass is 35.5. The lowest BCUT2D eigenvalue weighted by atomic mass is 10.4. The van der Waals surface area contributed by atoms with Crippen LogP contribution in [0.2, 0.25) is 0 Å². The Kier molecular flexibility index (Phi) is 3.57. The van der Waals surface area contributed by atoms with Crippen LogP contribution >= 0.6 is 32.4 Å². The third kappa shape index (κ3) is 7.01. The highest BCUT2D eigenvalue weighted by molar-refractivity contribution is 7.27. The number of halogens is 2. The second-order valence-electron chi connectivity index (χ2n) is 1.51. The van der Waals surface area contributed by atoms with E-state index < -0.39 is 4.07 Å². The molecule has 1 atom stereocenters. The largest absolute Gasteiger partial charge is 0.131 e. The summed E-state index contributed by atoms with van der Waals surface area (Å²) in [7, 11) is 2.37. The second kappa shape index (κ2) is 3.12. The van der Waals surface area contributed by atoms with Crippen LogP contribution in [-0.2, 0) is 0 Å². The molecular weight excluding hydrogens is 150 g/mol. The van der Waals surface area contributed by atoms with Crippen LogP contribution in [0.15, 0.2) is 0 Å². The Morgan fingerprint density at radius 1 is 1.57 bits per heavy atom. The predicted molar refractivity (Wildman–Crippen MR) is 39.1 cm³/mol. The van der Waals surface area contributed by atoms with Crippen molar-refractivity contribution >= 4 is 32.4 Å². The first-order valence-corrected chi connectivity index (χ1v) is 3.56. The van der Waals surface area contributed by atoms with Gasteiger partial charge in [0.1, 0.15) is 4.07 Å². The predicted octanol–water partition coefficient (Wildman–Crippen LogP) is 2.79. The molecule has 0 nitrogen and oxygen atoms in total. The molecule has 0 fully saturated rings. The first-order valence-electron chi connectivity index (χ1n) is 2.23. The van der Waals surface area contributed by atoms with Gasteiger partial charge in [0.2, 0.25) is 0 Å². The van der Waals surface area contributed by atoms with Crippen LogP contribution in [0, 0.1) is 0 Å². The van der Waals surface area contributed by atoms with Gasteiger partial charge in [0.25, 0.3) is 0 Å². The van der Waals surface area contributed by atoms with Crippen molar-refractivity contribution in [2.45, 2.75) is 23.8 Å². The molecule has 0 saturated heterocycles. The first kappa shape index (κ1) is 8.01. The van der Waals surface area contributed by atoms with Gasteiger partial charge in [0, 0.05) is 0 Å². The number of hydrogen-bond donors (Lipinski definition) is 0. The second-order valence-corrected chi connectivity index (χ2v) is 4.77. The van der Waals surface area contributed by atoms with E-state index in [0.29, 0.717) is 0 Å². The van der Waals surface area contributed by atoms with Crippen molar-refractivity contribution in [3.05, 3.63) is 0 Å². The minimum atomic E-state index is -0.589. The molecule has 0 aromatic carbocycles. The maximum absolute atomic E-state index is 5.56. The molecule has 0 aliphatic carbocycles. The molecule has 0 amide bonds. The lowest BCUT2D eigenvalue weighted by Crippen LogP contribution is -1.97. The first-order chi connectivity index (χ1) is 3.06. The van der Waals surface area contributed by atoms with Crippen LogP contribution in [0.25, 0.3) is 0 Å². The number of rotatable bonds is 2. The van der Waals surface area contributed by atoms with Crippen molar-refractivity contribution in [3.63, 3.8) is 0 Å². The molecule has 7 heavy (non-hydrogen) atoms. The SMILES string of the molecule is CCCC(P)(Cl)Cl. The maximum atomic E-state index is 5.56. The summed E-state index contributed by atoms with van der Waals surface area (Å²) in [6.45, 7) is 2.05. The summed E-state index contributed by atoms with van der Waals surface area (Å²) >= 11 is 11.1. The molecule has 0 rings (SSSR count). The molecule has 0 saturated carbocycles. The fraction of sp³-hybridized carbons (Fsp3) is 1.00. The van der Waals surface area contributed by atoms with Crippen LogP contribution in [0.4, 0.5) is 0 Å². The number of alkyl halides is 2. The average molecular weight is 159 g/mol. The molecule has 0 bridgehead atoms. The summed E-state index contributed by atoms with van der Waals surface area (Å²) in [5.41, 5.74) is 0. The minimum Gasteiger partial charge on any atom is -0.0988 e. The van der Waals surface area contributed by atoms with Crippen LogP contribution in [0.5, 0.6) is 0 Å². The van der Waals surface area contributed by atoms with Crippen molar-refractivity contribution in [2.24, 2.45) is 0 Å². The van der Waals surface area contributed by atoms with E-state index in [4.69, 9.17) is 23.2 Å². The summed E-state index contributed by atoms with van der Waals surface area (Å²) in [4.78, 5) is 0. The average Bonchev–Trinajstić information content (AvgIpc) is 1.30. The molecule has 1 unspecified atom stereocenters. The topological polar surface area (TPSA) is 0 Å². The van der Waals surface area contributed by atoms with E-state index in [-0.39, 0.29) is 0 Å². The van der Waals surface area contributed by atoms with Gasteiger partial charge >= 0.3 is 0 Å². The van der Waals surface area contributed by atoms with Crippen molar-refractivity contribution in [3.8, 4) is 0 Å². The third-order valence-electron chi connectivity index (χ3n) is 0.583. The Balaban J connectivity index is 3.15. The van der Waals surface area contributed by atoms with E-state index in [9.17, 15) is 0 Å². The van der Waals surface area contributed by atoms with Gasteiger partial charge in [-0.15, -0.1) is 0 Å². The normalized spacial score (nSPS) is 12.0. The Morgan fingerprint density at radius 3 is 2.00 bits per heavy atom. The van der Waals surface area contributed by atoms with Gasteiger partial charge < -0.3 is 0 Å². The molecule has 0 heterocycles. The van der Waals surface area contributed by atoms with Crippen molar-refractivity contribution in [2.75, 3.05) is 0 Å². The smallest absolute Gasteiger partial charge is 0.0988 e. The van der Waals surface area contributed by atoms with E-state index in [1.807, 2.05) is 6.92 Å². The zero-order valence-electron chi connectivity index (χ0n) is 4.25. The van der Waals surface area contributed by atoms with Crippen molar-refractivity contribution < 1.29 is 0 Å². The molecule has 0 aromatic heterocycles. The van der Waals surface area contributed by atoms with E-state index in [0.717, 1.165) is 12.8 Å². The van der Waals surface area contributed by atoms with E-state index in [2.05, 4.69) is 9.24 Å². The molecule has 0 radical (unpaired) electrons. The molecule has 0 N–H and O–H groups in total. The number of hydrogen-bond acceptors (Lipinski definition) is 0. The van der Waals surface area contributed by atoms with E-state index in [1.165, 1.54) is 0 Å². The molecule has 0 aromatic rings. The monoisotopic (exact) mass is 158 g/mol. The Labute approximate surface area is 56.8 Å². The minimum absolute atomic E-state index is 0.589. The van der Waals surface area contributed by atoms with Gasteiger partial charge in [-0.1, -0.05) is 45.8 Å². The van der Waals surface area contributed by atoms with Gasteiger partial charge in [0.15, 0.2) is 0 Å². The van der Waals surface area contributed by atoms with Crippen molar-refractivity contribution in [1.29, 1.82) is 0 Å². The Bertz CT molecular complexity index is 48.1. The third-order valence-corrected chi connectivity index (χ3v) is 1.25. The molecule has 3 heteroatoms. The lowest BCUT2D eigenvalue weighted by molar-refractivity contribution is 0.829. The highest BCUT2D eigenvalue weighted by Gasteiger charge is 2.13. The quantitative estimate of drug-likeness (QED) is 0.429. The van der Waals surface area contributed by atoms with Gasteiger partial charge in [-0.2, -0.15) is 0 Å². The summed E-state index contributed by atoms with van der Waals surface area (Å²) < 4.78 is -0.589. The Morgan fingerprint density at radius 2 is 2.00 bits per heavy atom. The van der Waals surface area contributed by atoms with Gasteiger partial charge in [-0.05, 0) is 6.42 Å². The van der Waals surface area contributed by atoms with Gasteiger partial charge in [-0.25, -0.2) is 0 Å².